The lowest BCUT2D eigenvalue weighted by atomic mass is 10.1. The van der Waals surface area contributed by atoms with Gasteiger partial charge in [-0.2, -0.15) is 0 Å². The second-order valence-corrected chi connectivity index (χ2v) is 4.74. The smallest absolute Gasteiger partial charge is 0.253 e. The number of nitrogens with one attached hydrogen (secondary N) is 2. The molecule has 0 heterocycles. The number of nitrogens with two attached hydrogens (primary N) is 1. The first-order valence-electron chi connectivity index (χ1n) is 6.30. The van der Waals surface area contributed by atoms with Gasteiger partial charge in [-0.05, 0) is 43.3 Å². The van der Waals surface area contributed by atoms with E-state index in [2.05, 4.69) is 10.6 Å². The minimum absolute atomic E-state index is 0.142. The van der Waals surface area contributed by atoms with Crippen LogP contribution < -0.4 is 16.4 Å². The molecule has 0 saturated heterocycles. The van der Waals surface area contributed by atoms with Crippen LogP contribution in [0.5, 0.6) is 0 Å². The molecule has 0 spiro atoms. The van der Waals surface area contributed by atoms with Crippen LogP contribution in [0.3, 0.4) is 0 Å². The van der Waals surface area contributed by atoms with Gasteiger partial charge in [-0.25, -0.2) is 0 Å². The molecule has 0 fully saturated rings. The van der Waals surface area contributed by atoms with Gasteiger partial charge in [-0.15, -0.1) is 0 Å². The first kappa shape index (κ1) is 14.2. The Balaban J connectivity index is 2.34. The molecular formula is C15H16ClN3O. The number of rotatable bonds is 4. The zero-order valence-corrected chi connectivity index (χ0v) is 11.9. The van der Waals surface area contributed by atoms with Crippen molar-refractivity contribution in [2.75, 3.05) is 17.6 Å². The molecule has 0 saturated carbocycles. The molecule has 4 nitrogen and oxygen atoms in total. The van der Waals surface area contributed by atoms with Crippen molar-refractivity contribution >= 4 is 34.6 Å². The fourth-order valence-electron chi connectivity index (χ4n) is 1.84. The van der Waals surface area contributed by atoms with E-state index in [1.807, 2.05) is 19.1 Å². The molecule has 104 valence electrons. The summed E-state index contributed by atoms with van der Waals surface area (Å²) in [4.78, 5) is 12.0. The first-order valence-corrected chi connectivity index (χ1v) is 6.68. The normalized spacial score (nSPS) is 10.1. The van der Waals surface area contributed by atoms with Crippen molar-refractivity contribution in [1.29, 1.82) is 0 Å². The van der Waals surface area contributed by atoms with Crippen LogP contribution in [-0.4, -0.2) is 12.5 Å². The molecule has 0 radical (unpaired) electrons. The molecule has 20 heavy (non-hydrogen) atoms. The second kappa shape index (κ2) is 6.30. The number of amides is 1. The van der Waals surface area contributed by atoms with Crippen molar-refractivity contribution in [3.05, 3.63) is 53.1 Å². The zero-order chi connectivity index (χ0) is 14.5. The summed E-state index contributed by atoms with van der Waals surface area (Å²) in [6.45, 7) is 2.44. The van der Waals surface area contributed by atoms with E-state index in [4.69, 9.17) is 17.3 Å². The maximum Gasteiger partial charge on any atom is 0.253 e. The number of benzene rings is 2. The average molecular weight is 290 g/mol. The Morgan fingerprint density at radius 3 is 2.75 bits per heavy atom. The SMILES string of the molecule is CCNC(=O)c1ccc(N)cc1Nc1cccc(Cl)c1. The molecule has 0 aliphatic heterocycles. The van der Waals surface area contributed by atoms with E-state index in [0.717, 1.165) is 5.69 Å². The third kappa shape index (κ3) is 3.42. The van der Waals surface area contributed by atoms with Crippen molar-refractivity contribution in [1.82, 2.24) is 5.32 Å². The highest BCUT2D eigenvalue weighted by atomic mass is 35.5. The van der Waals surface area contributed by atoms with Crippen molar-refractivity contribution < 1.29 is 4.79 Å². The fourth-order valence-corrected chi connectivity index (χ4v) is 2.03. The van der Waals surface area contributed by atoms with Gasteiger partial charge in [0.15, 0.2) is 0 Å². The van der Waals surface area contributed by atoms with Gasteiger partial charge in [0, 0.05) is 22.9 Å². The summed E-state index contributed by atoms with van der Waals surface area (Å²) < 4.78 is 0. The van der Waals surface area contributed by atoms with Gasteiger partial charge in [-0.1, -0.05) is 17.7 Å². The summed E-state index contributed by atoms with van der Waals surface area (Å²) in [5.74, 6) is -0.142. The minimum atomic E-state index is -0.142. The number of hydrogen-bond acceptors (Lipinski definition) is 3. The van der Waals surface area contributed by atoms with E-state index < -0.39 is 0 Å². The minimum Gasteiger partial charge on any atom is -0.399 e. The summed E-state index contributed by atoms with van der Waals surface area (Å²) in [6, 6.07) is 12.4. The summed E-state index contributed by atoms with van der Waals surface area (Å²) in [5.41, 5.74) is 8.37. The Labute approximate surface area is 122 Å². The maximum absolute atomic E-state index is 12.0. The van der Waals surface area contributed by atoms with Crippen LogP contribution in [0.15, 0.2) is 42.5 Å². The summed E-state index contributed by atoms with van der Waals surface area (Å²) in [5, 5.41) is 6.56. The second-order valence-electron chi connectivity index (χ2n) is 4.30. The highest BCUT2D eigenvalue weighted by Gasteiger charge is 2.11. The van der Waals surface area contributed by atoms with E-state index >= 15 is 0 Å². The standard InChI is InChI=1S/C15H16ClN3O/c1-2-18-15(20)13-7-6-11(17)9-14(13)19-12-5-3-4-10(16)8-12/h3-9,19H,2,17H2,1H3,(H,18,20). The van der Waals surface area contributed by atoms with Gasteiger partial charge >= 0.3 is 0 Å². The van der Waals surface area contributed by atoms with E-state index in [1.165, 1.54) is 0 Å². The summed E-state index contributed by atoms with van der Waals surface area (Å²) in [7, 11) is 0. The third-order valence-electron chi connectivity index (χ3n) is 2.73. The fraction of sp³-hybridized carbons (Fsp3) is 0.133. The maximum atomic E-state index is 12.0. The van der Waals surface area contributed by atoms with E-state index in [0.29, 0.717) is 28.5 Å². The predicted octanol–water partition coefficient (Wildman–Crippen LogP) is 3.42. The van der Waals surface area contributed by atoms with Gasteiger partial charge < -0.3 is 16.4 Å². The largest absolute Gasteiger partial charge is 0.399 e. The Hall–Kier alpha value is -2.20. The van der Waals surface area contributed by atoms with Gasteiger partial charge in [0.2, 0.25) is 0 Å². The number of carbonyl (C=O) groups is 1. The van der Waals surface area contributed by atoms with Crippen LogP contribution in [-0.2, 0) is 0 Å². The molecule has 0 aliphatic rings. The van der Waals surface area contributed by atoms with E-state index in [-0.39, 0.29) is 5.91 Å². The average Bonchev–Trinajstić information content (AvgIpc) is 2.39. The first-order chi connectivity index (χ1) is 9.60. The van der Waals surface area contributed by atoms with Crippen LogP contribution in [0.4, 0.5) is 17.1 Å². The third-order valence-corrected chi connectivity index (χ3v) is 2.96. The molecule has 5 heteroatoms. The number of halogens is 1. The van der Waals surface area contributed by atoms with Crippen LogP contribution in [0.1, 0.15) is 17.3 Å². The molecular weight excluding hydrogens is 274 g/mol. The molecule has 1 amide bonds. The number of hydrogen-bond donors (Lipinski definition) is 3. The van der Waals surface area contributed by atoms with E-state index in [9.17, 15) is 4.79 Å². The molecule has 0 unspecified atom stereocenters. The molecule has 2 aromatic carbocycles. The lowest BCUT2D eigenvalue weighted by Crippen LogP contribution is -2.23. The topological polar surface area (TPSA) is 67.2 Å². The molecule has 0 aromatic heterocycles. The Morgan fingerprint density at radius 1 is 1.25 bits per heavy atom. The van der Waals surface area contributed by atoms with Crippen molar-refractivity contribution in [3.8, 4) is 0 Å². The van der Waals surface area contributed by atoms with Crippen molar-refractivity contribution in [2.45, 2.75) is 6.92 Å². The Bertz CT molecular complexity index is 628. The highest BCUT2D eigenvalue weighted by Crippen LogP contribution is 2.25. The monoisotopic (exact) mass is 289 g/mol. The predicted molar refractivity (Wildman–Crippen MR) is 83.6 cm³/mol. The molecule has 0 atom stereocenters. The van der Waals surface area contributed by atoms with Gasteiger partial charge in [0.1, 0.15) is 0 Å². The number of nitrogen functional groups attached to an aromatic ring is 1. The molecule has 2 aromatic rings. The number of carbonyl (C=O) groups excluding carboxylic acids is 1. The quantitative estimate of drug-likeness (QED) is 0.756. The molecule has 0 aliphatic carbocycles. The lowest BCUT2D eigenvalue weighted by molar-refractivity contribution is 0.0956. The number of anilines is 3. The van der Waals surface area contributed by atoms with Crippen LogP contribution >= 0.6 is 11.6 Å². The van der Waals surface area contributed by atoms with Gasteiger partial charge in [0.25, 0.3) is 5.91 Å². The van der Waals surface area contributed by atoms with E-state index in [1.54, 1.807) is 30.3 Å². The van der Waals surface area contributed by atoms with Crippen molar-refractivity contribution in [3.63, 3.8) is 0 Å². The Kier molecular flexibility index (Phi) is 4.48. The summed E-state index contributed by atoms with van der Waals surface area (Å²) in [6.07, 6.45) is 0. The summed E-state index contributed by atoms with van der Waals surface area (Å²) >= 11 is 5.95. The van der Waals surface area contributed by atoms with Crippen LogP contribution in [0, 0.1) is 0 Å². The lowest BCUT2D eigenvalue weighted by Gasteiger charge is -2.13. The highest BCUT2D eigenvalue weighted by molar-refractivity contribution is 6.30. The molecule has 0 bridgehead atoms. The van der Waals surface area contributed by atoms with Gasteiger partial charge in [-0.3, -0.25) is 4.79 Å². The van der Waals surface area contributed by atoms with Crippen LogP contribution in [0.2, 0.25) is 5.02 Å². The Morgan fingerprint density at radius 2 is 2.05 bits per heavy atom. The molecule has 2 rings (SSSR count). The van der Waals surface area contributed by atoms with Crippen molar-refractivity contribution in [2.24, 2.45) is 0 Å². The van der Waals surface area contributed by atoms with Crippen LogP contribution in [0.25, 0.3) is 0 Å². The zero-order valence-electron chi connectivity index (χ0n) is 11.1. The molecule has 4 N–H and O–H groups in total. The van der Waals surface area contributed by atoms with Gasteiger partial charge in [0.05, 0.1) is 11.3 Å².